The summed E-state index contributed by atoms with van der Waals surface area (Å²) in [5.41, 5.74) is 2.69. The Hall–Kier alpha value is -3.07. The predicted octanol–water partition coefficient (Wildman–Crippen LogP) is 4.25. The van der Waals surface area contributed by atoms with Gasteiger partial charge >= 0.3 is 12.1 Å². The summed E-state index contributed by atoms with van der Waals surface area (Å²) >= 11 is 6.41. The minimum absolute atomic E-state index is 0.0514. The molecule has 2 fully saturated rings. The molecule has 4 rings (SSSR count). The second-order valence-electron chi connectivity index (χ2n) is 9.16. The first-order valence-electron chi connectivity index (χ1n) is 12.6. The van der Waals surface area contributed by atoms with Gasteiger partial charge in [-0.15, -0.1) is 0 Å². The van der Waals surface area contributed by atoms with Crippen LogP contribution in [0.3, 0.4) is 0 Å². The molecular formula is C26H34ClN5O4. The summed E-state index contributed by atoms with van der Waals surface area (Å²) in [5.74, 6) is 0.653. The first-order chi connectivity index (χ1) is 17.5. The van der Waals surface area contributed by atoms with E-state index in [1.807, 2.05) is 24.3 Å². The molecular weight excluding hydrogens is 482 g/mol. The zero-order valence-corrected chi connectivity index (χ0v) is 21.7. The number of carbonyl (C=O) groups excluding carboxylic acids is 2. The van der Waals surface area contributed by atoms with Gasteiger partial charge in [-0.05, 0) is 43.5 Å². The van der Waals surface area contributed by atoms with Crippen LogP contribution in [0.25, 0.3) is 11.3 Å². The van der Waals surface area contributed by atoms with Gasteiger partial charge in [0.1, 0.15) is 11.0 Å². The van der Waals surface area contributed by atoms with E-state index in [-0.39, 0.29) is 18.0 Å². The number of carbonyl (C=O) groups is 2. The Labute approximate surface area is 217 Å². The van der Waals surface area contributed by atoms with Crippen molar-refractivity contribution in [1.82, 2.24) is 14.9 Å². The molecule has 10 heteroatoms. The third-order valence-electron chi connectivity index (χ3n) is 6.80. The molecule has 194 valence electrons. The van der Waals surface area contributed by atoms with Crippen molar-refractivity contribution in [2.24, 2.45) is 5.92 Å². The number of hydrogen-bond acceptors (Lipinski definition) is 8. The Morgan fingerprint density at radius 2 is 1.81 bits per heavy atom. The van der Waals surface area contributed by atoms with Crippen LogP contribution in [-0.2, 0) is 14.3 Å². The maximum atomic E-state index is 12.2. The third kappa shape index (κ3) is 6.37. The van der Waals surface area contributed by atoms with Gasteiger partial charge in [-0.2, -0.15) is 0 Å². The van der Waals surface area contributed by atoms with Gasteiger partial charge in [-0.25, -0.2) is 14.8 Å². The summed E-state index contributed by atoms with van der Waals surface area (Å²) in [7, 11) is 1.44. The van der Waals surface area contributed by atoms with Crippen LogP contribution in [0.4, 0.5) is 16.3 Å². The SMILES string of the molecule is CCCCOC(=O)N1CCN(c2cc(-c3cc(N4CCC(C(=O)OC)CC4)cc(Cl)n3)ccn2)CC1. The quantitative estimate of drug-likeness (QED) is 0.307. The van der Waals surface area contributed by atoms with Crippen molar-refractivity contribution in [3.8, 4) is 11.3 Å². The molecule has 0 spiro atoms. The predicted molar refractivity (Wildman–Crippen MR) is 139 cm³/mol. The molecule has 2 saturated heterocycles. The van der Waals surface area contributed by atoms with Crippen molar-refractivity contribution >= 4 is 35.2 Å². The molecule has 2 aliphatic heterocycles. The number of unbranched alkanes of at least 4 members (excludes halogenated alkanes) is 1. The lowest BCUT2D eigenvalue weighted by Crippen LogP contribution is -2.49. The van der Waals surface area contributed by atoms with Gasteiger partial charge in [0.05, 0.1) is 25.3 Å². The number of piperazine rings is 1. The smallest absolute Gasteiger partial charge is 0.409 e. The first kappa shape index (κ1) is 26.0. The van der Waals surface area contributed by atoms with Gasteiger partial charge < -0.3 is 24.2 Å². The number of ether oxygens (including phenoxy) is 2. The van der Waals surface area contributed by atoms with Crippen LogP contribution in [-0.4, -0.2) is 79.9 Å². The van der Waals surface area contributed by atoms with Crippen LogP contribution in [0.15, 0.2) is 30.5 Å². The molecule has 0 atom stereocenters. The normalized spacial score (nSPS) is 16.7. The topological polar surface area (TPSA) is 88.1 Å². The van der Waals surface area contributed by atoms with E-state index in [4.69, 9.17) is 21.1 Å². The highest BCUT2D eigenvalue weighted by atomic mass is 35.5. The zero-order chi connectivity index (χ0) is 25.5. The van der Waals surface area contributed by atoms with E-state index >= 15 is 0 Å². The van der Waals surface area contributed by atoms with Crippen LogP contribution in [0.1, 0.15) is 32.6 Å². The minimum Gasteiger partial charge on any atom is -0.469 e. The molecule has 0 N–H and O–H groups in total. The molecule has 2 aromatic heterocycles. The summed E-state index contributed by atoms with van der Waals surface area (Å²) in [5, 5.41) is 0.422. The highest BCUT2D eigenvalue weighted by Gasteiger charge is 2.26. The van der Waals surface area contributed by atoms with Crippen molar-refractivity contribution in [1.29, 1.82) is 0 Å². The fourth-order valence-corrected chi connectivity index (χ4v) is 4.82. The second kappa shape index (κ2) is 12.3. The fraction of sp³-hybridized carbons (Fsp3) is 0.538. The summed E-state index contributed by atoms with van der Waals surface area (Å²) < 4.78 is 10.2. The van der Waals surface area contributed by atoms with Gasteiger partial charge in [0, 0.05) is 56.7 Å². The van der Waals surface area contributed by atoms with Crippen molar-refractivity contribution in [2.75, 3.05) is 62.8 Å². The molecule has 36 heavy (non-hydrogen) atoms. The average Bonchev–Trinajstić information content (AvgIpc) is 2.92. The number of esters is 1. The van der Waals surface area contributed by atoms with E-state index in [0.29, 0.717) is 37.9 Å². The molecule has 2 aliphatic rings. The van der Waals surface area contributed by atoms with E-state index in [2.05, 4.69) is 26.7 Å². The number of amides is 1. The van der Waals surface area contributed by atoms with Crippen LogP contribution in [0.5, 0.6) is 0 Å². The Balaban J connectivity index is 1.41. The number of methoxy groups -OCH3 is 1. The van der Waals surface area contributed by atoms with Crippen LogP contribution in [0, 0.1) is 5.92 Å². The minimum atomic E-state index is -0.240. The maximum Gasteiger partial charge on any atom is 0.409 e. The van der Waals surface area contributed by atoms with E-state index in [1.54, 1.807) is 11.1 Å². The van der Waals surface area contributed by atoms with Crippen LogP contribution in [0.2, 0.25) is 5.15 Å². The number of rotatable bonds is 7. The molecule has 0 unspecified atom stereocenters. The Morgan fingerprint density at radius 1 is 1.06 bits per heavy atom. The van der Waals surface area contributed by atoms with Crippen molar-refractivity contribution in [3.05, 3.63) is 35.6 Å². The first-order valence-corrected chi connectivity index (χ1v) is 13.0. The molecule has 4 heterocycles. The lowest BCUT2D eigenvalue weighted by Gasteiger charge is -2.35. The van der Waals surface area contributed by atoms with Crippen molar-refractivity contribution in [2.45, 2.75) is 32.6 Å². The van der Waals surface area contributed by atoms with Gasteiger partial charge in [-0.3, -0.25) is 4.79 Å². The molecule has 0 saturated carbocycles. The van der Waals surface area contributed by atoms with E-state index in [0.717, 1.165) is 61.5 Å². The zero-order valence-electron chi connectivity index (χ0n) is 21.0. The highest BCUT2D eigenvalue weighted by molar-refractivity contribution is 6.29. The molecule has 0 bridgehead atoms. The molecule has 2 aromatic rings. The van der Waals surface area contributed by atoms with Gasteiger partial charge in [0.2, 0.25) is 0 Å². The number of hydrogen-bond donors (Lipinski definition) is 0. The van der Waals surface area contributed by atoms with Crippen molar-refractivity contribution < 1.29 is 19.1 Å². The summed E-state index contributed by atoms with van der Waals surface area (Å²) in [4.78, 5) is 39.4. The maximum absolute atomic E-state index is 12.2. The fourth-order valence-electron chi connectivity index (χ4n) is 4.62. The Bertz CT molecular complexity index is 1050. The van der Waals surface area contributed by atoms with E-state index < -0.39 is 0 Å². The van der Waals surface area contributed by atoms with Gasteiger partial charge in [0.15, 0.2) is 0 Å². The van der Waals surface area contributed by atoms with Crippen LogP contribution < -0.4 is 9.80 Å². The number of pyridine rings is 2. The van der Waals surface area contributed by atoms with Crippen LogP contribution >= 0.6 is 11.6 Å². The monoisotopic (exact) mass is 515 g/mol. The van der Waals surface area contributed by atoms with Crippen molar-refractivity contribution in [3.63, 3.8) is 0 Å². The Kier molecular flexibility index (Phi) is 8.85. The number of aromatic nitrogens is 2. The Morgan fingerprint density at radius 3 is 2.50 bits per heavy atom. The number of nitrogens with zero attached hydrogens (tertiary/aromatic N) is 5. The second-order valence-corrected chi connectivity index (χ2v) is 9.55. The molecule has 0 aromatic carbocycles. The molecule has 0 radical (unpaired) electrons. The average molecular weight is 516 g/mol. The third-order valence-corrected chi connectivity index (χ3v) is 6.99. The lowest BCUT2D eigenvalue weighted by atomic mass is 9.96. The summed E-state index contributed by atoms with van der Waals surface area (Å²) in [6.07, 6.45) is 4.92. The van der Waals surface area contributed by atoms with Gasteiger partial charge in [-0.1, -0.05) is 24.9 Å². The lowest BCUT2D eigenvalue weighted by molar-refractivity contribution is -0.146. The number of halogens is 1. The van der Waals surface area contributed by atoms with Gasteiger partial charge in [0.25, 0.3) is 0 Å². The number of anilines is 2. The van der Waals surface area contributed by atoms with E-state index in [1.165, 1.54) is 7.11 Å². The highest BCUT2D eigenvalue weighted by Crippen LogP contribution is 2.31. The largest absolute Gasteiger partial charge is 0.469 e. The molecule has 0 aliphatic carbocycles. The summed E-state index contributed by atoms with van der Waals surface area (Å²) in [6.45, 7) is 6.61. The standard InChI is InChI=1S/C26H34ClN5O4/c1-3-4-15-36-26(34)32-13-11-31(12-14-32)24-16-20(5-8-28-24)22-17-21(18-23(27)29-22)30-9-6-19(7-10-30)25(33)35-2/h5,8,16-19H,3-4,6-7,9-15H2,1-2H3. The molecule has 9 nitrogen and oxygen atoms in total. The number of piperidine rings is 1. The van der Waals surface area contributed by atoms with E-state index in [9.17, 15) is 9.59 Å². The summed E-state index contributed by atoms with van der Waals surface area (Å²) in [6, 6.07) is 7.84. The molecule has 1 amide bonds.